The Balaban J connectivity index is 1.59. The second-order valence-corrected chi connectivity index (χ2v) is 8.34. The van der Waals surface area contributed by atoms with Gasteiger partial charge in [-0.25, -0.2) is 13.1 Å². The van der Waals surface area contributed by atoms with Gasteiger partial charge in [0.25, 0.3) is 0 Å². The van der Waals surface area contributed by atoms with Gasteiger partial charge in [0.2, 0.25) is 15.9 Å². The average Bonchev–Trinajstić information content (AvgIpc) is 3.45. The number of amides is 1. The third-order valence-electron chi connectivity index (χ3n) is 4.53. The van der Waals surface area contributed by atoms with Crippen molar-refractivity contribution in [1.82, 2.24) is 10.0 Å². The Labute approximate surface area is 154 Å². The number of hydrogen-bond donors (Lipinski definition) is 2. The van der Waals surface area contributed by atoms with Crippen molar-refractivity contribution in [3.8, 4) is 0 Å². The Kier molecular flexibility index (Phi) is 5.74. The normalized spacial score (nSPS) is 15.4. The molecule has 0 bridgehead atoms. The summed E-state index contributed by atoms with van der Waals surface area (Å²) in [6, 6.07) is 16.4. The second kappa shape index (κ2) is 8.01. The third-order valence-corrected chi connectivity index (χ3v) is 6.06. The predicted molar refractivity (Wildman–Crippen MR) is 101 cm³/mol. The lowest BCUT2D eigenvalue weighted by atomic mass is 9.95. The minimum absolute atomic E-state index is 0.0224. The van der Waals surface area contributed by atoms with Gasteiger partial charge in [-0.2, -0.15) is 0 Å². The number of nitrogens with one attached hydrogen (secondary N) is 2. The van der Waals surface area contributed by atoms with E-state index < -0.39 is 10.0 Å². The highest BCUT2D eigenvalue weighted by molar-refractivity contribution is 7.89. The number of hydrogen-bond acceptors (Lipinski definition) is 3. The zero-order valence-corrected chi connectivity index (χ0v) is 15.6. The molecule has 1 saturated carbocycles. The topological polar surface area (TPSA) is 75.3 Å². The molecule has 1 unspecified atom stereocenters. The Morgan fingerprint density at radius 3 is 2.31 bits per heavy atom. The molecule has 2 aromatic carbocycles. The van der Waals surface area contributed by atoms with E-state index in [0.29, 0.717) is 6.54 Å². The molecule has 1 aliphatic rings. The van der Waals surface area contributed by atoms with E-state index in [-0.39, 0.29) is 22.8 Å². The number of carbonyl (C=O) groups excluding carboxylic acids is 1. The molecule has 1 amide bonds. The lowest BCUT2D eigenvalue weighted by Crippen LogP contribution is -2.28. The molecule has 0 saturated heterocycles. The molecular weight excluding hydrogens is 348 g/mol. The number of benzene rings is 2. The highest BCUT2D eigenvalue weighted by Gasteiger charge is 2.27. The van der Waals surface area contributed by atoms with Crippen LogP contribution in [0.15, 0.2) is 59.5 Å². The summed E-state index contributed by atoms with van der Waals surface area (Å²) in [5, 5.41) is 2.94. The average molecular weight is 372 g/mol. The number of sulfonamides is 1. The van der Waals surface area contributed by atoms with Gasteiger partial charge in [-0.15, -0.1) is 0 Å². The molecule has 2 aromatic rings. The summed E-state index contributed by atoms with van der Waals surface area (Å²) >= 11 is 0. The molecule has 1 fully saturated rings. The molecule has 0 aliphatic heterocycles. The lowest BCUT2D eigenvalue weighted by molar-refractivity contribution is -0.122. The molecule has 0 radical (unpaired) electrons. The summed E-state index contributed by atoms with van der Waals surface area (Å²) in [5.41, 5.74) is 1.87. The largest absolute Gasteiger partial charge is 0.351 e. The fourth-order valence-electron chi connectivity index (χ4n) is 2.85. The fourth-order valence-corrected chi connectivity index (χ4v) is 4.15. The van der Waals surface area contributed by atoms with Crippen molar-refractivity contribution in [2.24, 2.45) is 0 Å². The minimum Gasteiger partial charge on any atom is -0.351 e. The predicted octanol–water partition coefficient (Wildman–Crippen LogP) is 2.94. The van der Waals surface area contributed by atoms with Crippen molar-refractivity contribution in [3.63, 3.8) is 0 Å². The van der Waals surface area contributed by atoms with E-state index in [1.165, 1.54) is 0 Å². The summed E-state index contributed by atoms with van der Waals surface area (Å²) < 4.78 is 27.0. The zero-order chi connectivity index (χ0) is 18.6. The van der Waals surface area contributed by atoms with Gasteiger partial charge in [-0.1, -0.05) is 49.4 Å². The van der Waals surface area contributed by atoms with Gasteiger partial charge in [-0.05, 0) is 42.5 Å². The van der Waals surface area contributed by atoms with Gasteiger partial charge in [0.15, 0.2) is 0 Å². The van der Waals surface area contributed by atoms with E-state index in [1.54, 1.807) is 24.3 Å². The summed E-state index contributed by atoms with van der Waals surface area (Å²) in [7, 11) is -3.44. The Hall–Kier alpha value is -2.18. The molecule has 6 heteroatoms. The standard InChI is InChI=1S/C20H24N2O3S/c1-2-19(16-6-4-3-5-7-16)20(23)21-14-15-8-12-18(13-9-15)26(24,25)22-17-10-11-17/h3-9,12-13,17,19,22H,2,10-11,14H2,1H3,(H,21,23). The first-order valence-corrected chi connectivity index (χ1v) is 10.4. The van der Waals surface area contributed by atoms with Crippen LogP contribution in [0.2, 0.25) is 0 Å². The molecular formula is C20H24N2O3S. The van der Waals surface area contributed by atoms with Crippen molar-refractivity contribution in [3.05, 3.63) is 65.7 Å². The first-order valence-electron chi connectivity index (χ1n) is 8.93. The maximum atomic E-state index is 12.5. The van der Waals surface area contributed by atoms with Crippen LogP contribution in [-0.4, -0.2) is 20.4 Å². The van der Waals surface area contributed by atoms with E-state index >= 15 is 0 Å². The van der Waals surface area contributed by atoms with Crippen LogP contribution >= 0.6 is 0 Å². The van der Waals surface area contributed by atoms with Crippen molar-refractivity contribution in [2.45, 2.75) is 49.6 Å². The molecule has 0 spiro atoms. The van der Waals surface area contributed by atoms with E-state index in [1.807, 2.05) is 37.3 Å². The van der Waals surface area contributed by atoms with Crippen molar-refractivity contribution >= 4 is 15.9 Å². The Morgan fingerprint density at radius 1 is 1.08 bits per heavy atom. The molecule has 1 aliphatic carbocycles. The molecule has 0 heterocycles. The maximum absolute atomic E-state index is 12.5. The summed E-state index contributed by atoms with van der Waals surface area (Å²) in [6.07, 6.45) is 2.53. The van der Waals surface area contributed by atoms with Crippen LogP contribution in [0.3, 0.4) is 0 Å². The van der Waals surface area contributed by atoms with E-state index in [2.05, 4.69) is 10.0 Å². The molecule has 3 rings (SSSR count). The van der Waals surface area contributed by atoms with Gasteiger partial charge in [0.05, 0.1) is 10.8 Å². The van der Waals surface area contributed by atoms with E-state index in [9.17, 15) is 13.2 Å². The second-order valence-electron chi connectivity index (χ2n) is 6.63. The van der Waals surface area contributed by atoms with Crippen LogP contribution in [0.1, 0.15) is 43.2 Å². The Bertz CT molecular complexity index is 844. The van der Waals surface area contributed by atoms with E-state index in [4.69, 9.17) is 0 Å². The third kappa shape index (κ3) is 4.71. The van der Waals surface area contributed by atoms with Crippen LogP contribution < -0.4 is 10.0 Å². The van der Waals surface area contributed by atoms with Crippen LogP contribution in [0.4, 0.5) is 0 Å². The van der Waals surface area contributed by atoms with Gasteiger partial charge in [0, 0.05) is 12.6 Å². The fraction of sp³-hybridized carbons (Fsp3) is 0.350. The van der Waals surface area contributed by atoms with Crippen LogP contribution in [-0.2, 0) is 21.4 Å². The van der Waals surface area contributed by atoms with Crippen LogP contribution in [0.25, 0.3) is 0 Å². The molecule has 1 atom stereocenters. The SMILES string of the molecule is CCC(C(=O)NCc1ccc(S(=O)(=O)NC2CC2)cc1)c1ccccc1. The molecule has 26 heavy (non-hydrogen) atoms. The van der Waals surface area contributed by atoms with Crippen LogP contribution in [0, 0.1) is 0 Å². The molecule has 5 nitrogen and oxygen atoms in total. The molecule has 2 N–H and O–H groups in total. The van der Waals surface area contributed by atoms with Gasteiger partial charge >= 0.3 is 0 Å². The van der Waals surface area contributed by atoms with E-state index in [0.717, 1.165) is 30.4 Å². The maximum Gasteiger partial charge on any atom is 0.240 e. The first kappa shape index (κ1) is 18.6. The Morgan fingerprint density at radius 2 is 1.73 bits per heavy atom. The highest BCUT2D eigenvalue weighted by Crippen LogP contribution is 2.22. The number of carbonyl (C=O) groups is 1. The smallest absolute Gasteiger partial charge is 0.240 e. The monoisotopic (exact) mass is 372 g/mol. The van der Waals surface area contributed by atoms with Gasteiger partial charge < -0.3 is 5.32 Å². The lowest BCUT2D eigenvalue weighted by Gasteiger charge is -2.15. The van der Waals surface area contributed by atoms with Crippen molar-refractivity contribution < 1.29 is 13.2 Å². The molecule has 138 valence electrons. The van der Waals surface area contributed by atoms with Crippen LogP contribution in [0.5, 0.6) is 0 Å². The summed E-state index contributed by atoms with van der Waals surface area (Å²) in [4.78, 5) is 12.7. The summed E-state index contributed by atoms with van der Waals surface area (Å²) in [5.74, 6) is -0.204. The first-order chi connectivity index (χ1) is 12.5. The van der Waals surface area contributed by atoms with Crippen molar-refractivity contribution in [1.29, 1.82) is 0 Å². The number of rotatable bonds is 8. The van der Waals surface area contributed by atoms with Crippen molar-refractivity contribution in [2.75, 3.05) is 0 Å². The van der Waals surface area contributed by atoms with Gasteiger partial charge in [-0.3, -0.25) is 4.79 Å². The molecule has 0 aromatic heterocycles. The minimum atomic E-state index is -3.44. The quantitative estimate of drug-likeness (QED) is 0.748. The zero-order valence-electron chi connectivity index (χ0n) is 14.8. The van der Waals surface area contributed by atoms with Gasteiger partial charge in [0.1, 0.15) is 0 Å². The summed E-state index contributed by atoms with van der Waals surface area (Å²) in [6.45, 7) is 2.36. The highest BCUT2D eigenvalue weighted by atomic mass is 32.2.